The van der Waals surface area contributed by atoms with Crippen LogP contribution in [0.15, 0.2) is 59.8 Å². The van der Waals surface area contributed by atoms with Gasteiger partial charge in [-0.15, -0.1) is 5.10 Å². The third kappa shape index (κ3) is 2.51. The van der Waals surface area contributed by atoms with Gasteiger partial charge in [0.05, 0.1) is 22.0 Å². The minimum atomic E-state index is -3.94. The first-order chi connectivity index (χ1) is 12.5. The van der Waals surface area contributed by atoms with Gasteiger partial charge in [0.25, 0.3) is 10.0 Å². The van der Waals surface area contributed by atoms with Gasteiger partial charge in [-0.2, -0.15) is 0 Å². The van der Waals surface area contributed by atoms with Gasteiger partial charge in [0.2, 0.25) is 5.91 Å². The fraction of sp³-hybridized carbons (Fsp3) is 0.125. The number of aromatic nitrogens is 4. The number of rotatable bonds is 3. The summed E-state index contributed by atoms with van der Waals surface area (Å²) in [5, 5.41) is 10.9. The van der Waals surface area contributed by atoms with E-state index in [2.05, 4.69) is 15.5 Å². The summed E-state index contributed by atoms with van der Waals surface area (Å²) in [7, 11) is -2.31. The van der Waals surface area contributed by atoms with Gasteiger partial charge >= 0.3 is 0 Å². The van der Waals surface area contributed by atoms with Gasteiger partial charge in [0.15, 0.2) is 0 Å². The molecule has 2 heterocycles. The van der Waals surface area contributed by atoms with Gasteiger partial charge in [-0.3, -0.25) is 9.10 Å². The Hall–Kier alpha value is -3.27. The summed E-state index contributed by atoms with van der Waals surface area (Å²) in [6, 6.07) is 13.1. The minimum Gasteiger partial charge on any atom is -0.312 e. The largest absolute Gasteiger partial charge is 0.312 e. The van der Waals surface area contributed by atoms with Crippen molar-refractivity contribution in [2.24, 2.45) is 0 Å². The van der Waals surface area contributed by atoms with E-state index in [1.54, 1.807) is 43.4 Å². The van der Waals surface area contributed by atoms with Crippen LogP contribution in [0.5, 0.6) is 0 Å². The molecule has 0 atom stereocenters. The molecule has 0 bridgehead atoms. The number of amides is 1. The molecule has 0 unspecified atom stereocenters. The van der Waals surface area contributed by atoms with Crippen LogP contribution in [0.25, 0.3) is 5.69 Å². The normalized spacial score (nSPS) is 14.4. The number of tetrazole rings is 1. The fourth-order valence-electron chi connectivity index (χ4n) is 2.81. The van der Waals surface area contributed by atoms with Gasteiger partial charge in [-0.25, -0.2) is 13.1 Å². The van der Waals surface area contributed by atoms with E-state index >= 15 is 0 Å². The van der Waals surface area contributed by atoms with Crippen LogP contribution in [-0.4, -0.2) is 48.1 Å². The standard InChI is InChI=1S/C16H14N6O3S/c1-20-14-7-2-3-8-15(14)22(10-16(20)23)26(24,25)13-6-4-5-12(9-13)21-11-17-18-19-21/h2-9,11H,10H2,1H3. The Morgan fingerprint density at radius 3 is 2.54 bits per heavy atom. The average molecular weight is 370 g/mol. The molecular formula is C16H14N6O3S. The van der Waals surface area contributed by atoms with E-state index in [9.17, 15) is 13.2 Å². The monoisotopic (exact) mass is 370 g/mol. The van der Waals surface area contributed by atoms with E-state index in [0.29, 0.717) is 17.1 Å². The van der Waals surface area contributed by atoms with E-state index < -0.39 is 10.0 Å². The topological polar surface area (TPSA) is 101 Å². The van der Waals surface area contributed by atoms with Gasteiger partial charge in [0.1, 0.15) is 12.9 Å². The highest BCUT2D eigenvalue weighted by Gasteiger charge is 2.35. The first-order valence-electron chi connectivity index (χ1n) is 7.70. The lowest BCUT2D eigenvalue weighted by Gasteiger charge is -2.34. The molecule has 0 radical (unpaired) electrons. The maximum Gasteiger partial charge on any atom is 0.264 e. The predicted molar refractivity (Wildman–Crippen MR) is 93.5 cm³/mol. The number of benzene rings is 2. The zero-order valence-electron chi connectivity index (χ0n) is 13.7. The lowest BCUT2D eigenvalue weighted by atomic mass is 10.2. The second kappa shape index (κ2) is 5.92. The highest BCUT2D eigenvalue weighted by atomic mass is 32.2. The Morgan fingerprint density at radius 2 is 1.81 bits per heavy atom. The molecule has 1 aliphatic rings. The SMILES string of the molecule is CN1C(=O)CN(S(=O)(=O)c2cccc(-n3cnnn3)c2)c2ccccc21. The fourth-order valence-corrected chi connectivity index (χ4v) is 4.28. The van der Waals surface area contributed by atoms with Crippen LogP contribution in [0, 0.1) is 0 Å². The number of carbonyl (C=O) groups is 1. The highest BCUT2D eigenvalue weighted by molar-refractivity contribution is 7.92. The third-order valence-electron chi connectivity index (χ3n) is 4.18. The number of para-hydroxylation sites is 2. The number of likely N-dealkylation sites (N-methyl/N-ethyl adjacent to an activating group) is 1. The van der Waals surface area contributed by atoms with Crippen molar-refractivity contribution in [3.8, 4) is 5.69 Å². The van der Waals surface area contributed by atoms with Crippen LogP contribution in [0.2, 0.25) is 0 Å². The molecule has 4 rings (SSSR count). The van der Waals surface area contributed by atoms with E-state index in [1.807, 2.05) is 0 Å². The molecule has 0 saturated carbocycles. The van der Waals surface area contributed by atoms with Crippen molar-refractivity contribution in [3.63, 3.8) is 0 Å². The maximum absolute atomic E-state index is 13.2. The van der Waals surface area contributed by atoms with Crippen molar-refractivity contribution in [2.75, 3.05) is 22.8 Å². The van der Waals surface area contributed by atoms with Gasteiger partial charge in [-0.1, -0.05) is 18.2 Å². The molecule has 0 spiro atoms. The van der Waals surface area contributed by atoms with Crippen LogP contribution in [0.1, 0.15) is 0 Å². The number of sulfonamides is 1. The highest BCUT2D eigenvalue weighted by Crippen LogP contribution is 2.36. The first kappa shape index (κ1) is 16.2. The summed E-state index contributed by atoms with van der Waals surface area (Å²) in [4.78, 5) is 13.8. The zero-order valence-corrected chi connectivity index (χ0v) is 14.5. The number of anilines is 2. The maximum atomic E-state index is 13.2. The molecule has 0 N–H and O–H groups in total. The van der Waals surface area contributed by atoms with Crippen LogP contribution in [0.3, 0.4) is 0 Å². The number of hydrogen-bond acceptors (Lipinski definition) is 6. The van der Waals surface area contributed by atoms with Gasteiger partial charge in [-0.05, 0) is 40.8 Å². The van der Waals surface area contributed by atoms with Gasteiger partial charge < -0.3 is 4.90 Å². The zero-order chi connectivity index (χ0) is 18.3. The molecule has 9 nitrogen and oxygen atoms in total. The molecule has 0 aliphatic carbocycles. The van der Waals surface area contributed by atoms with Crippen LogP contribution in [0.4, 0.5) is 11.4 Å². The lowest BCUT2D eigenvalue weighted by Crippen LogP contribution is -2.46. The van der Waals surface area contributed by atoms with Crippen molar-refractivity contribution in [1.82, 2.24) is 20.2 Å². The van der Waals surface area contributed by atoms with E-state index in [-0.39, 0.29) is 17.3 Å². The molecule has 1 amide bonds. The molecule has 26 heavy (non-hydrogen) atoms. The van der Waals surface area contributed by atoms with Crippen molar-refractivity contribution in [3.05, 3.63) is 54.9 Å². The molecule has 0 saturated heterocycles. The Morgan fingerprint density at radius 1 is 1.04 bits per heavy atom. The Balaban J connectivity index is 1.82. The molecule has 1 aromatic heterocycles. The molecule has 3 aromatic rings. The van der Waals surface area contributed by atoms with Crippen LogP contribution < -0.4 is 9.21 Å². The molecular weight excluding hydrogens is 356 g/mol. The quantitative estimate of drug-likeness (QED) is 0.677. The van der Waals surface area contributed by atoms with E-state index in [0.717, 1.165) is 4.31 Å². The lowest BCUT2D eigenvalue weighted by molar-refractivity contribution is -0.117. The number of fused-ring (bicyclic) bond motifs is 1. The summed E-state index contributed by atoms with van der Waals surface area (Å²) < 4.78 is 28.9. The Labute approximate surface area is 149 Å². The molecule has 0 fully saturated rings. The van der Waals surface area contributed by atoms with Gasteiger partial charge in [0, 0.05) is 7.05 Å². The van der Waals surface area contributed by atoms with E-state index in [1.165, 1.54) is 28.0 Å². The molecule has 10 heteroatoms. The van der Waals surface area contributed by atoms with Crippen molar-refractivity contribution in [1.29, 1.82) is 0 Å². The van der Waals surface area contributed by atoms with Crippen molar-refractivity contribution >= 4 is 27.3 Å². The smallest absolute Gasteiger partial charge is 0.264 e. The predicted octanol–water partition coefficient (Wildman–Crippen LogP) is 0.834. The second-order valence-corrected chi connectivity index (χ2v) is 7.57. The summed E-state index contributed by atoms with van der Waals surface area (Å²) in [6.45, 7) is -0.259. The summed E-state index contributed by atoms with van der Waals surface area (Å²) >= 11 is 0. The number of carbonyl (C=O) groups excluding carboxylic acids is 1. The second-order valence-electron chi connectivity index (χ2n) is 5.70. The molecule has 132 valence electrons. The Kier molecular flexibility index (Phi) is 3.69. The van der Waals surface area contributed by atoms with Crippen LogP contribution in [-0.2, 0) is 14.8 Å². The number of hydrogen-bond donors (Lipinski definition) is 0. The summed E-state index contributed by atoms with van der Waals surface area (Å²) in [5.41, 5.74) is 1.51. The summed E-state index contributed by atoms with van der Waals surface area (Å²) in [5.74, 6) is -0.302. The molecule has 1 aliphatic heterocycles. The third-order valence-corrected chi connectivity index (χ3v) is 5.94. The van der Waals surface area contributed by atoms with Crippen LogP contribution >= 0.6 is 0 Å². The molecule has 2 aromatic carbocycles. The van der Waals surface area contributed by atoms with Crippen molar-refractivity contribution < 1.29 is 13.2 Å². The van der Waals surface area contributed by atoms with Crippen molar-refractivity contribution in [2.45, 2.75) is 4.90 Å². The summed E-state index contributed by atoms with van der Waals surface area (Å²) in [6.07, 6.45) is 1.38. The Bertz CT molecular complexity index is 1080. The minimum absolute atomic E-state index is 0.0534. The first-order valence-corrected chi connectivity index (χ1v) is 9.14. The number of nitrogens with zero attached hydrogens (tertiary/aromatic N) is 6. The average Bonchev–Trinajstić information content (AvgIpc) is 3.19. The van der Waals surface area contributed by atoms with E-state index in [4.69, 9.17) is 0 Å².